The number of carbonyl (C=O) groups is 1. The van der Waals surface area contributed by atoms with E-state index in [1.54, 1.807) is 36.7 Å². The summed E-state index contributed by atoms with van der Waals surface area (Å²) >= 11 is 0. The molecule has 1 aliphatic rings. The van der Waals surface area contributed by atoms with Gasteiger partial charge in [-0.2, -0.15) is 0 Å². The first-order chi connectivity index (χ1) is 14.2. The van der Waals surface area contributed by atoms with Crippen molar-refractivity contribution in [1.82, 2.24) is 14.8 Å². The molecule has 29 heavy (non-hydrogen) atoms. The van der Waals surface area contributed by atoms with Gasteiger partial charge in [0, 0.05) is 18.8 Å². The van der Waals surface area contributed by atoms with Gasteiger partial charge in [-0.3, -0.25) is 14.5 Å². The van der Waals surface area contributed by atoms with Crippen molar-refractivity contribution in [3.63, 3.8) is 0 Å². The molecule has 1 N–H and O–H groups in total. The van der Waals surface area contributed by atoms with Crippen molar-refractivity contribution in [3.8, 4) is 0 Å². The highest BCUT2D eigenvalue weighted by molar-refractivity contribution is 5.91. The Morgan fingerprint density at radius 2 is 1.93 bits per heavy atom. The van der Waals surface area contributed by atoms with Gasteiger partial charge in [-0.1, -0.05) is 12.5 Å². The van der Waals surface area contributed by atoms with Crippen LogP contribution in [0.15, 0.2) is 68.6 Å². The Morgan fingerprint density at radius 3 is 2.69 bits per heavy atom. The molecule has 1 unspecified atom stereocenters. The molecule has 1 saturated heterocycles. The smallest absolute Gasteiger partial charge is 0.287 e. The second-order valence-corrected chi connectivity index (χ2v) is 7.27. The van der Waals surface area contributed by atoms with E-state index < -0.39 is 0 Å². The van der Waals surface area contributed by atoms with E-state index >= 15 is 0 Å². The zero-order valence-electron chi connectivity index (χ0n) is 16.3. The van der Waals surface area contributed by atoms with E-state index in [0.717, 1.165) is 31.7 Å². The van der Waals surface area contributed by atoms with Crippen molar-refractivity contribution in [3.05, 3.63) is 82.6 Å². The number of hydrogen-bond donors (Lipinski definition) is 1. The predicted molar refractivity (Wildman–Crippen MR) is 108 cm³/mol. The van der Waals surface area contributed by atoms with E-state index in [1.165, 1.54) is 17.1 Å². The zero-order chi connectivity index (χ0) is 20.1. The molecular formula is C22H25N3O4. The van der Waals surface area contributed by atoms with Crippen molar-refractivity contribution in [1.29, 1.82) is 0 Å². The minimum Gasteiger partial charge on any atom is -0.468 e. The number of piperidine rings is 1. The Hall–Kier alpha value is -3.06. The molecular weight excluding hydrogens is 370 g/mol. The molecule has 3 aromatic heterocycles. The number of amides is 1. The Morgan fingerprint density at radius 1 is 1.07 bits per heavy atom. The largest absolute Gasteiger partial charge is 0.468 e. The summed E-state index contributed by atoms with van der Waals surface area (Å²) in [4.78, 5) is 26.8. The summed E-state index contributed by atoms with van der Waals surface area (Å²) in [6.07, 6.45) is 6.92. The molecule has 7 heteroatoms. The lowest BCUT2D eigenvalue weighted by atomic mass is 10.1. The van der Waals surface area contributed by atoms with Crippen LogP contribution in [-0.4, -0.2) is 35.0 Å². The number of nitrogens with zero attached hydrogens (tertiary/aromatic N) is 2. The molecule has 0 aromatic carbocycles. The van der Waals surface area contributed by atoms with Gasteiger partial charge in [-0.25, -0.2) is 0 Å². The lowest BCUT2D eigenvalue weighted by Crippen LogP contribution is -2.40. The van der Waals surface area contributed by atoms with Crippen molar-refractivity contribution >= 4 is 5.91 Å². The van der Waals surface area contributed by atoms with Gasteiger partial charge < -0.3 is 18.7 Å². The monoisotopic (exact) mass is 395 g/mol. The first kappa shape index (κ1) is 19.3. The first-order valence-electron chi connectivity index (χ1n) is 10.0. The second kappa shape index (κ2) is 8.96. The van der Waals surface area contributed by atoms with Gasteiger partial charge in [0.15, 0.2) is 5.76 Å². The molecule has 1 aliphatic heterocycles. The fraction of sp³-hybridized carbons (Fsp3) is 0.364. The fourth-order valence-electron chi connectivity index (χ4n) is 3.74. The molecule has 152 valence electrons. The Kier molecular flexibility index (Phi) is 5.95. The lowest BCUT2D eigenvalue weighted by molar-refractivity contribution is 0.0885. The van der Waals surface area contributed by atoms with E-state index in [0.29, 0.717) is 12.3 Å². The zero-order valence-corrected chi connectivity index (χ0v) is 16.3. The van der Waals surface area contributed by atoms with Crippen LogP contribution in [0.2, 0.25) is 0 Å². The number of carbonyl (C=O) groups excluding carboxylic acids is 1. The van der Waals surface area contributed by atoms with Gasteiger partial charge in [0.1, 0.15) is 11.5 Å². The summed E-state index contributed by atoms with van der Waals surface area (Å²) in [5.74, 6) is 1.38. The highest BCUT2D eigenvalue weighted by Crippen LogP contribution is 2.24. The van der Waals surface area contributed by atoms with Gasteiger partial charge in [0.05, 0.1) is 18.8 Å². The van der Waals surface area contributed by atoms with E-state index in [-0.39, 0.29) is 29.8 Å². The van der Waals surface area contributed by atoms with Crippen LogP contribution in [0.5, 0.6) is 0 Å². The molecule has 1 atom stereocenters. The Labute approximate surface area is 168 Å². The minimum absolute atomic E-state index is 0.00609. The number of pyridine rings is 1. The average Bonchev–Trinajstić information content (AvgIpc) is 3.43. The first-order valence-corrected chi connectivity index (χ1v) is 10.0. The van der Waals surface area contributed by atoms with E-state index in [2.05, 4.69) is 10.2 Å². The second-order valence-electron chi connectivity index (χ2n) is 7.27. The molecule has 4 heterocycles. The standard InChI is InChI=1S/C22H25N3O4/c26-21-8-2-5-13-25(21)16-17-9-10-20(29-17)22(27)23-15-18(19-7-6-14-28-19)24-11-3-1-4-12-24/h2,5-10,13-14,18H,1,3-4,11-12,15-16H2,(H,23,27). The fourth-order valence-corrected chi connectivity index (χ4v) is 3.74. The van der Waals surface area contributed by atoms with Gasteiger partial charge in [0.2, 0.25) is 0 Å². The number of hydrogen-bond acceptors (Lipinski definition) is 5. The number of nitrogens with one attached hydrogen (secondary N) is 1. The van der Waals surface area contributed by atoms with E-state index in [1.807, 2.05) is 12.1 Å². The number of rotatable bonds is 7. The van der Waals surface area contributed by atoms with Gasteiger partial charge in [0.25, 0.3) is 11.5 Å². The third kappa shape index (κ3) is 4.68. The lowest BCUT2D eigenvalue weighted by Gasteiger charge is -2.33. The summed E-state index contributed by atoms with van der Waals surface area (Å²) in [6.45, 7) is 2.73. The van der Waals surface area contributed by atoms with Crippen LogP contribution in [0.3, 0.4) is 0 Å². The molecule has 0 aliphatic carbocycles. The topological polar surface area (TPSA) is 80.6 Å². The van der Waals surface area contributed by atoms with Crippen LogP contribution in [0.4, 0.5) is 0 Å². The van der Waals surface area contributed by atoms with E-state index in [9.17, 15) is 9.59 Å². The van der Waals surface area contributed by atoms with Gasteiger partial charge >= 0.3 is 0 Å². The summed E-state index contributed by atoms with van der Waals surface area (Å²) in [5, 5.41) is 2.97. The molecule has 4 rings (SSSR count). The predicted octanol–water partition coefficient (Wildman–Crippen LogP) is 3.04. The van der Waals surface area contributed by atoms with Crippen molar-refractivity contribution in [2.24, 2.45) is 0 Å². The van der Waals surface area contributed by atoms with Crippen LogP contribution >= 0.6 is 0 Å². The average molecular weight is 395 g/mol. The van der Waals surface area contributed by atoms with Crippen LogP contribution in [0.25, 0.3) is 0 Å². The van der Waals surface area contributed by atoms with Crippen LogP contribution in [0.1, 0.15) is 47.4 Å². The summed E-state index contributed by atoms with van der Waals surface area (Å²) in [7, 11) is 0. The summed E-state index contributed by atoms with van der Waals surface area (Å²) < 4.78 is 12.8. The number of likely N-dealkylation sites (tertiary alicyclic amines) is 1. The normalized spacial score (nSPS) is 15.9. The quantitative estimate of drug-likeness (QED) is 0.665. The van der Waals surface area contributed by atoms with Crippen LogP contribution in [-0.2, 0) is 6.54 Å². The van der Waals surface area contributed by atoms with Crippen LogP contribution < -0.4 is 10.9 Å². The molecule has 0 spiro atoms. The highest BCUT2D eigenvalue weighted by Gasteiger charge is 2.25. The maximum absolute atomic E-state index is 12.6. The Balaban J connectivity index is 1.40. The van der Waals surface area contributed by atoms with Gasteiger partial charge in [-0.15, -0.1) is 0 Å². The molecule has 0 saturated carbocycles. The molecule has 0 bridgehead atoms. The SMILES string of the molecule is O=C(NCC(c1ccco1)N1CCCCC1)c1ccc(Cn2ccccc2=O)o1. The minimum atomic E-state index is -0.273. The number of furan rings is 2. The van der Waals surface area contributed by atoms with Crippen molar-refractivity contribution in [2.75, 3.05) is 19.6 Å². The van der Waals surface area contributed by atoms with E-state index in [4.69, 9.17) is 8.83 Å². The maximum Gasteiger partial charge on any atom is 0.287 e. The number of aromatic nitrogens is 1. The summed E-state index contributed by atoms with van der Waals surface area (Å²) in [5.41, 5.74) is -0.113. The van der Waals surface area contributed by atoms with Gasteiger partial charge in [-0.05, 0) is 56.3 Å². The van der Waals surface area contributed by atoms with Crippen LogP contribution in [0, 0.1) is 0 Å². The highest BCUT2D eigenvalue weighted by atomic mass is 16.4. The Bertz CT molecular complexity index is 983. The molecule has 1 fully saturated rings. The molecule has 3 aromatic rings. The van der Waals surface area contributed by atoms with Crippen molar-refractivity contribution < 1.29 is 13.6 Å². The molecule has 0 radical (unpaired) electrons. The third-order valence-electron chi connectivity index (χ3n) is 5.27. The summed E-state index contributed by atoms with van der Waals surface area (Å²) in [6, 6.07) is 12.2. The van der Waals surface area contributed by atoms with Crippen molar-refractivity contribution in [2.45, 2.75) is 31.8 Å². The molecule has 1 amide bonds. The molecule has 7 nitrogen and oxygen atoms in total. The third-order valence-corrected chi connectivity index (χ3v) is 5.27. The maximum atomic E-state index is 12.6.